The van der Waals surface area contributed by atoms with Crippen LogP contribution in [0.1, 0.15) is 62.4 Å². The van der Waals surface area contributed by atoms with Crippen LogP contribution in [0.4, 0.5) is 11.4 Å². The Morgan fingerprint density at radius 1 is 0.865 bits per heavy atom. The number of likely N-dealkylation sites (tertiary alicyclic amines) is 1. The number of hydrogen-bond acceptors (Lipinski definition) is 5. The summed E-state index contributed by atoms with van der Waals surface area (Å²) in [6, 6.07) is 28.9. The molecular weight excluding hydrogens is 458 g/mol. The Kier molecular flexibility index (Phi) is 7.36. The Bertz CT molecular complexity index is 1180. The third-order valence-corrected chi connectivity index (χ3v) is 7.70. The number of Topliss-reactive ketones (excluding diaryl/α,β-unsaturated/α-hetero) is 1. The minimum atomic E-state index is -0.372. The third-order valence-electron chi connectivity index (χ3n) is 7.70. The zero-order valence-corrected chi connectivity index (χ0v) is 22.4. The molecule has 3 aromatic carbocycles. The molecule has 0 N–H and O–H groups in total. The lowest BCUT2D eigenvalue weighted by atomic mass is 9.86. The van der Waals surface area contributed by atoms with Crippen LogP contribution in [0.25, 0.3) is 0 Å². The summed E-state index contributed by atoms with van der Waals surface area (Å²) in [5, 5.41) is 2.11. The van der Waals surface area contributed by atoms with Gasteiger partial charge in [-0.05, 0) is 42.1 Å². The van der Waals surface area contributed by atoms with Gasteiger partial charge in [0.2, 0.25) is 0 Å². The highest BCUT2D eigenvalue weighted by molar-refractivity contribution is 5.95. The van der Waals surface area contributed by atoms with Gasteiger partial charge in [-0.2, -0.15) is 0 Å². The molecule has 5 heteroatoms. The van der Waals surface area contributed by atoms with Crippen molar-refractivity contribution in [3.05, 3.63) is 96.1 Å². The average molecular weight is 498 g/mol. The van der Waals surface area contributed by atoms with Crippen LogP contribution in [0, 0.1) is 0 Å². The van der Waals surface area contributed by atoms with Gasteiger partial charge in [0.25, 0.3) is 0 Å². The average Bonchev–Trinajstić information content (AvgIpc) is 3.29. The molecule has 0 aromatic heterocycles. The molecular formula is C32H39N3O2. The normalized spacial score (nSPS) is 17.9. The number of hydrogen-bond donors (Lipinski definition) is 0. The molecule has 2 aliphatic rings. The van der Waals surface area contributed by atoms with E-state index in [1.54, 1.807) is 0 Å². The lowest BCUT2D eigenvalue weighted by Gasteiger charge is -2.43. The van der Waals surface area contributed by atoms with Gasteiger partial charge in [-0.1, -0.05) is 87.5 Å². The molecule has 5 nitrogen and oxygen atoms in total. The van der Waals surface area contributed by atoms with E-state index in [1.165, 1.54) is 11.3 Å². The van der Waals surface area contributed by atoms with Crippen LogP contribution in [0.15, 0.2) is 84.9 Å². The number of nitrogens with zero attached hydrogens (tertiary/aromatic N) is 3. The van der Waals surface area contributed by atoms with Crippen molar-refractivity contribution < 1.29 is 9.63 Å². The maximum Gasteiger partial charge on any atom is 0.172 e. The number of para-hydroxylation sites is 2. The van der Waals surface area contributed by atoms with Gasteiger partial charge >= 0.3 is 0 Å². The Hall–Kier alpha value is -3.15. The van der Waals surface area contributed by atoms with Crippen molar-refractivity contribution >= 4 is 17.2 Å². The molecule has 0 aliphatic carbocycles. The Balaban J connectivity index is 1.28. The smallest absolute Gasteiger partial charge is 0.172 e. The van der Waals surface area contributed by atoms with E-state index in [-0.39, 0.29) is 16.9 Å². The molecule has 37 heavy (non-hydrogen) atoms. The summed E-state index contributed by atoms with van der Waals surface area (Å²) < 4.78 is 0. The number of rotatable bonds is 7. The molecule has 2 fully saturated rings. The van der Waals surface area contributed by atoms with Gasteiger partial charge in [-0.25, -0.2) is 9.90 Å². The van der Waals surface area contributed by atoms with Gasteiger partial charge in [0.1, 0.15) is 6.67 Å². The first-order valence-electron chi connectivity index (χ1n) is 13.6. The summed E-state index contributed by atoms with van der Waals surface area (Å²) in [7, 11) is 0. The van der Waals surface area contributed by atoms with Crippen LogP contribution >= 0.6 is 0 Å². The first-order chi connectivity index (χ1) is 17.9. The van der Waals surface area contributed by atoms with Crippen LogP contribution in [0.2, 0.25) is 0 Å². The van der Waals surface area contributed by atoms with E-state index in [2.05, 4.69) is 90.2 Å². The van der Waals surface area contributed by atoms with Crippen LogP contribution in [-0.4, -0.2) is 42.7 Å². The molecule has 3 aromatic rings. The van der Waals surface area contributed by atoms with Crippen LogP contribution in [-0.2, 0) is 10.3 Å². The van der Waals surface area contributed by atoms with E-state index in [0.29, 0.717) is 13.1 Å². The Labute approximate surface area is 221 Å². The second-order valence-electron chi connectivity index (χ2n) is 11.3. The quantitative estimate of drug-likeness (QED) is 0.341. The SMILES string of the molecule is CC(C)(C)c1ccccc1N1CN(c2ccccc2)C2(CCN(CCCC(=O)c3ccccc3)CC2)O1. The summed E-state index contributed by atoms with van der Waals surface area (Å²) in [6.45, 7) is 10.3. The fourth-order valence-electron chi connectivity index (χ4n) is 5.63. The number of ketones is 1. The van der Waals surface area contributed by atoms with Crippen molar-refractivity contribution in [2.75, 3.05) is 36.3 Å². The van der Waals surface area contributed by atoms with Crippen LogP contribution < -0.4 is 9.96 Å². The van der Waals surface area contributed by atoms with Crippen molar-refractivity contribution in [1.29, 1.82) is 0 Å². The van der Waals surface area contributed by atoms with Gasteiger partial charge in [0.05, 0.1) is 5.69 Å². The van der Waals surface area contributed by atoms with E-state index in [1.807, 2.05) is 30.3 Å². The monoisotopic (exact) mass is 497 g/mol. The minimum Gasteiger partial charge on any atom is -0.321 e. The Morgan fingerprint density at radius 2 is 1.49 bits per heavy atom. The molecule has 0 saturated carbocycles. The molecule has 2 saturated heterocycles. The first-order valence-corrected chi connectivity index (χ1v) is 13.6. The molecule has 2 heterocycles. The zero-order valence-electron chi connectivity index (χ0n) is 22.4. The summed E-state index contributed by atoms with van der Waals surface area (Å²) >= 11 is 0. The summed E-state index contributed by atoms with van der Waals surface area (Å²) in [5.41, 5.74) is 4.10. The van der Waals surface area contributed by atoms with Gasteiger partial charge in [0.15, 0.2) is 11.5 Å². The molecule has 0 radical (unpaired) electrons. The lowest BCUT2D eigenvalue weighted by molar-refractivity contribution is -0.0543. The highest BCUT2D eigenvalue weighted by Crippen LogP contribution is 2.43. The second kappa shape index (κ2) is 10.7. The van der Waals surface area contributed by atoms with Crippen LogP contribution in [0.5, 0.6) is 0 Å². The van der Waals surface area contributed by atoms with Crippen molar-refractivity contribution in [1.82, 2.24) is 4.90 Å². The minimum absolute atomic E-state index is 0.0217. The van der Waals surface area contributed by atoms with Gasteiger partial charge in [-0.3, -0.25) is 4.79 Å². The fraction of sp³-hybridized carbons (Fsp3) is 0.406. The van der Waals surface area contributed by atoms with Crippen molar-refractivity contribution in [3.8, 4) is 0 Å². The van der Waals surface area contributed by atoms with Gasteiger partial charge < -0.3 is 9.80 Å². The standard InChI is InChI=1S/C32H39N3O2/c1-31(2,3)28-17-10-11-18-29(28)35-25-34(27-15-8-5-9-16-27)32(37-35)20-23-33(24-21-32)22-12-19-30(36)26-13-6-4-7-14-26/h4-11,13-18H,12,19-25H2,1-3H3. The highest BCUT2D eigenvalue weighted by atomic mass is 16.7. The highest BCUT2D eigenvalue weighted by Gasteiger charge is 2.49. The first kappa shape index (κ1) is 25.5. The number of piperidine rings is 1. The molecule has 194 valence electrons. The predicted molar refractivity (Wildman–Crippen MR) is 151 cm³/mol. The summed E-state index contributed by atoms with van der Waals surface area (Å²) in [4.78, 5) is 24.3. The molecule has 0 atom stereocenters. The van der Waals surface area contributed by atoms with Gasteiger partial charge in [-0.15, -0.1) is 0 Å². The fourth-order valence-corrected chi connectivity index (χ4v) is 5.63. The summed E-state index contributed by atoms with van der Waals surface area (Å²) in [5.74, 6) is 0.233. The molecule has 5 rings (SSSR count). The van der Waals surface area contributed by atoms with Crippen molar-refractivity contribution in [2.24, 2.45) is 0 Å². The van der Waals surface area contributed by atoms with E-state index in [0.717, 1.165) is 50.1 Å². The molecule has 0 amide bonds. The molecule has 2 aliphatic heterocycles. The van der Waals surface area contributed by atoms with E-state index >= 15 is 0 Å². The number of hydroxylamine groups is 1. The predicted octanol–water partition coefficient (Wildman–Crippen LogP) is 6.66. The lowest BCUT2D eigenvalue weighted by Crippen LogP contribution is -2.53. The number of carbonyl (C=O) groups excluding carboxylic acids is 1. The number of benzene rings is 3. The topological polar surface area (TPSA) is 36.0 Å². The third kappa shape index (κ3) is 5.58. The molecule has 0 bridgehead atoms. The van der Waals surface area contributed by atoms with Gasteiger partial charge in [0, 0.05) is 43.6 Å². The van der Waals surface area contributed by atoms with Crippen molar-refractivity contribution in [2.45, 2.75) is 57.6 Å². The largest absolute Gasteiger partial charge is 0.321 e. The Morgan fingerprint density at radius 3 is 2.16 bits per heavy atom. The number of carbonyl (C=O) groups is 1. The van der Waals surface area contributed by atoms with Crippen molar-refractivity contribution in [3.63, 3.8) is 0 Å². The summed E-state index contributed by atoms with van der Waals surface area (Å²) in [6.07, 6.45) is 3.32. The maximum absolute atomic E-state index is 12.5. The van der Waals surface area contributed by atoms with E-state index < -0.39 is 0 Å². The maximum atomic E-state index is 12.5. The number of anilines is 2. The zero-order chi connectivity index (χ0) is 25.9. The van der Waals surface area contributed by atoms with Crippen LogP contribution in [0.3, 0.4) is 0 Å². The van der Waals surface area contributed by atoms with E-state index in [9.17, 15) is 4.79 Å². The van der Waals surface area contributed by atoms with E-state index in [4.69, 9.17) is 4.84 Å². The molecule has 1 spiro atoms. The second-order valence-corrected chi connectivity index (χ2v) is 11.3. The molecule has 0 unspecified atom stereocenters.